The zero-order valence-corrected chi connectivity index (χ0v) is 10.2. The second-order valence-corrected chi connectivity index (χ2v) is 4.72. The molecule has 5 heteroatoms. The SMILES string of the molecule is Cc1ccc(Nc2nc(Cl)cs2)cc1Cl. The summed E-state index contributed by atoms with van der Waals surface area (Å²) < 4.78 is 0. The molecule has 2 nitrogen and oxygen atoms in total. The average Bonchev–Trinajstić information content (AvgIpc) is 2.58. The van der Waals surface area contributed by atoms with Gasteiger partial charge in [-0.25, -0.2) is 4.98 Å². The minimum atomic E-state index is 0.501. The Labute approximate surface area is 102 Å². The normalized spacial score (nSPS) is 10.3. The van der Waals surface area contributed by atoms with Crippen LogP contribution in [0.2, 0.25) is 10.2 Å². The number of rotatable bonds is 2. The zero-order valence-electron chi connectivity index (χ0n) is 7.92. The number of hydrogen-bond acceptors (Lipinski definition) is 3. The molecule has 1 N–H and O–H groups in total. The topological polar surface area (TPSA) is 24.9 Å². The average molecular weight is 259 g/mol. The number of thiazole rings is 1. The van der Waals surface area contributed by atoms with E-state index in [1.807, 2.05) is 25.1 Å². The van der Waals surface area contributed by atoms with Crippen molar-refractivity contribution in [3.63, 3.8) is 0 Å². The minimum absolute atomic E-state index is 0.501. The number of aryl methyl sites for hydroxylation is 1. The molecule has 1 heterocycles. The lowest BCUT2D eigenvalue weighted by Crippen LogP contribution is -1.89. The smallest absolute Gasteiger partial charge is 0.188 e. The molecule has 0 bridgehead atoms. The first kappa shape index (κ1) is 10.7. The Hall–Kier alpha value is -0.770. The lowest BCUT2D eigenvalue weighted by Gasteiger charge is -2.04. The van der Waals surface area contributed by atoms with E-state index in [2.05, 4.69) is 10.3 Å². The highest BCUT2D eigenvalue weighted by atomic mass is 35.5. The summed E-state index contributed by atoms with van der Waals surface area (Å²) in [6.07, 6.45) is 0. The van der Waals surface area contributed by atoms with Crippen LogP contribution in [0.1, 0.15) is 5.56 Å². The van der Waals surface area contributed by atoms with Crippen LogP contribution in [0.5, 0.6) is 0 Å². The molecule has 0 fully saturated rings. The fraction of sp³-hybridized carbons (Fsp3) is 0.100. The van der Waals surface area contributed by atoms with Gasteiger partial charge in [0.1, 0.15) is 5.15 Å². The number of hydrogen-bond donors (Lipinski definition) is 1. The van der Waals surface area contributed by atoms with Crippen molar-refractivity contribution in [1.29, 1.82) is 0 Å². The third-order valence-electron chi connectivity index (χ3n) is 1.90. The quantitative estimate of drug-likeness (QED) is 0.858. The molecule has 2 rings (SSSR count). The van der Waals surface area contributed by atoms with Crippen molar-refractivity contribution in [1.82, 2.24) is 4.98 Å². The highest BCUT2D eigenvalue weighted by Gasteiger charge is 2.01. The summed E-state index contributed by atoms with van der Waals surface area (Å²) in [6, 6.07) is 5.78. The van der Waals surface area contributed by atoms with Gasteiger partial charge in [-0.3, -0.25) is 0 Å². The fourth-order valence-corrected chi connectivity index (χ4v) is 2.14. The molecule has 0 radical (unpaired) electrons. The van der Waals surface area contributed by atoms with Crippen molar-refractivity contribution in [3.8, 4) is 0 Å². The number of nitrogens with zero attached hydrogens (tertiary/aromatic N) is 1. The standard InChI is InChI=1S/C10H8Cl2N2S/c1-6-2-3-7(4-8(6)11)13-10-14-9(12)5-15-10/h2-5H,1H3,(H,13,14). The van der Waals surface area contributed by atoms with Crippen molar-refractivity contribution < 1.29 is 0 Å². The molecular formula is C10H8Cl2N2S. The molecule has 0 saturated heterocycles. The Morgan fingerprint density at radius 2 is 2.13 bits per heavy atom. The van der Waals surface area contributed by atoms with Gasteiger partial charge in [0.05, 0.1) is 0 Å². The molecule has 2 aromatic rings. The molecule has 78 valence electrons. The van der Waals surface area contributed by atoms with Gasteiger partial charge in [-0.2, -0.15) is 0 Å². The lowest BCUT2D eigenvalue weighted by molar-refractivity contribution is 1.38. The molecule has 1 aromatic carbocycles. The largest absolute Gasteiger partial charge is 0.331 e. The second-order valence-electron chi connectivity index (χ2n) is 3.06. The molecule has 0 aliphatic rings. The number of halogens is 2. The van der Waals surface area contributed by atoms with E-state index in [4.69, 9.17) is 23.2 Å². The number of benzene rings is 1. The van der Waals surface area contributed by atoms with Crippen LogP contribution in [0, 0.1) is 6.92 Å². The van der Waals surface area contributed by atoms with Crippen LogP contribution in [0.15, 0.2) is 23.6 Å². The molecule has 1 aromatic heterocycles. The van der Waals surface area contributed by atoms with E-state index >= 15 is 0 Å². The van der Waals surface area contributed by atoms with Gasteiger partial charge in [0, 0.05) is 16.1 Å². The predicted octanol–water partition coefficient (Wildman–Crippen LogP) is 4.50. The van der Waals surface area contributed by atoms with Gasteiger partial charge in [0.25, 0.3) is 0 Å². The van der Waals surface area contributed by atoms with Gasteiger partial charge in [0.15, 0.2) is 5.13 Å². The van der Waals surface area contributed by atoms with E-state index in [1.54, 1.807) is 5.38 Å². The summed E-state index contributed by atoms with van der Waals surface area (Å²) in [5.74, 6) is 0. The molecule has 15 heavy (non-hydrogen) atoms. The van der Waals surface area contributed by atoms with E-state index < -0.39 is 0 Å². The molecule has 0 aliphatic carbocycles. The molecule has 0 atom stereocenters. The Morgan fingerprint density at radius 1 is 1.33 bits per heavy atom. The van der Waals surface area contributed by atoms with Crippen LogP contribution >= 0.6 is 34.5 Å². The van der Waals surface area contributed by atoms with Crippen molar-refractivity contribution >= 4 is 45.4 Å². The van der Waals surface area contributed by atoms with E-state index in [0.717, 1.165) is 21.4 Å². The van der Waals surface area contributed by atoms with E-state index in [-0.39, 0.29) is 0 Å². The Kier molecular flexibility index (Phi) is 3.14. The molecule has 0 saturated carbocycles. The van der Waals surface area contributed by atoms with Crippen molar-refractivity contribution in [2.45, 2.75) is 6.92 Å². The molecule has 0 aliphatic heterocycles. The van der Waals surface area contributed by atoms with E-state index in [9.17, 15) is 0 Å². The monoisotopic (exact) mass is 258 g/mol. The maximum absolute atomic E-state index is 6.00. The maximum atomic E-state index is 6.00. The molecule has 0 spiro atoms. The summed E-state index contributed by atoms with van der Waals surface area (Å²) in [6.45, 7) is 1.96. The van der Waals surface area contributed by atoms with Gasteiger partial charge in [-0.05, 0) is 24.6 Å². The number of aromatic nitrogens is 1. The third kappa shape index (κ3) is 2.62. The van der Waals surface area contributed by atoms with Crippen LogP contribution in [0.4, 0.5) is 10.8 Å². The molecule has 0 amide bonds. The number of anilines is 2. The molecule has 0 unspecified atom stereocenters. The predicted molar refractivity (Wildman–Crippen MR) is 66.6 cm³/mol. The summed E-state index contributed by atoms with van der Waals surface area (Å²) in [4.78, 5) is 4.09. The first-order valence-corrected chi connectivity index (χ1v) is 5.93. The Bertz CT molecular complexity index is 482. The first-order valence-electron chi connectivity index (χ1n) is 4.29. The van der Waals surface area contributed by atoms with Crippen LogP contribution in [0.3, 0.4) is 0 Å². The second kappa shape index (κ2) is 4.39. The Morgan fingerprint density at radius 3 is 2.73 bits per heavy atom. The van der Waals surface area contributed by atoms with Crippen molar-refractivity contribution in [3.05, 3.63) is 39.3 Å². The Balaban J connectivity index is 2.21. The lowest BCUT2D eigenvalue weighted by atomic mass is 10.2. The highest BCUT2D eigenvalue weighted by Crippen LogP contribution is 2.26. The van der Waals surface area contributed by atoms with Crippen molar-refractivity contribution in [2.75, 3.05) is 5.32 Å². The maximum Gasteiger partial charge on any atom is 0.188 e. The summed E-state index contributed by atoms with van der Waals surface area (Å²) in [5, 5.41) is 6.91. The minimum Gasteiger partial charge on any atom is -0.331 e. The summed E-state index contributed by atoms with van der Waals surface area (Å²) >= 11 is 13.2. The third-order valence-corrected chi connectivity index (χ3v) is 3.39. The van der Waals surface area contributed by atoms with Crippen LogP contribution in [-0.2, 0) is 0 Å². The summed E-state index contributed by atoms with van der Waals surface area (Å²) in [7, 11) is 0. The van der Waals surface area contributed by atoms with E-state index in [1.165, 1.54) is 11.3 Å². The highest BCUT2D eigenvalue weighted by molar-refractivity contribution is 7.14. The van der Waals surface area contributed by atoms with Gasteiger partial charge in [-0.1, -0.05) is 29.3 Å². The van der Waals surface area contributed by atoms with Gasteiger partial charge < -0.3 is 5.32 Å². The van der Waals surface area contributed by atoms with Gasteiger partial charge in [0.2, 0.25) is 0 Å². The van der Waals surface area contributed by atoms with Crippen molar-refractivity contribution in [2.24, 2.45) is 0 Å². The number of nitrogens with one attached hydrogen (secondary N) is 1. The molecular weight excluding hydrogens is 251 g/mol. The van der Waals surface area contributed by atoms with Gasteiger partial charge >= 0.3 is 0 Å². The summed E-state index contributed by atoms with van der Waals surface area (Å²) in [5.41, 5.74) is 1.97. The first-order chi connectivity index (χ1) is 7.15. The zero-order chi connectivity index (χ0) is 10.8. The van der Waals surface area contributed by atoms with Gasteiger partial charge in [-0.15, -0.1) is 11.3 Å². The fourth-order valence-electron chi connectivity index (χ4n) is 1.11. The van der Waals surface area contributed by atoms with Crippen LogP contribution in [0.25, 0.3) is 0 Å². The van der Waals surface area contributed by atoms with Crippen LogP contribution < -0.4 is 5.32 Å². The van der Waals surface area contributed by atoms with Crippen LogP contribution in [-0.4, -0.2) is 4.98 Å². The van der Waals surface area contributed by atoms with E-state index in [0.29, 0.717) is 5.15 Å².